The Balaban J connectivity index is 2.27. The molecule has 1 rings (SSSR count). The standard InChI is InChI=1S/C41H66N8O17/c1-27(21-28(2)24-66-30-5-3-29(4-6-30)40(58)59)22-34(51)49-32(41(60)61)7-9-33(50)48-31(8-10-38(55)56)39(57)45-14-16-63-18-19-64-25-36(53)44-13-15-62-17-20-65-26-37(54)46-23-35(52)43-11-12-47-42/h3-6,27-28,31-32,47H,7-26,42H2,1-2H3,(H,43,52)(H,44,53)(H,45,57)(H,46,54)(H,48,50)(H,49,51)(H,55,56)(H,58,59)(H,60,61). The van der Waals surface area contributed by atoms with E-state index >= 15 is 0 Å². The van der Waals surface area contributed by atoms with Gasteiger partial charge in [0.1, 0.15) is 31.0 Å². The van der Waals surface area contributed by atoms with Gasteiger partial charge in [0.05, 0.1) is 58.4 Å². The van der Waals surface area contributed by atoms with Gasteiger partial charge in [0, 0.05) is 45.4 Å². The molecule has 0 aromatic heterocycles. The zero-order chi connectivity index (χ0) is 49.1. The summed E-state index contributed by atoms with van der Waals surface area (Å²) in [6.45, 7) is 4.84. The number of nitrogens with two attached hydrogens (primary N) is 1. The number of aromatic carboxylic acids is 1. The summed E-state index contributed by atoms with van der Waals surface area (Å²) in [5.74, 6) is -1.38. The summed E-state index contributed by atoms with van der Waals surface area (Å²) in [5.41, 5.74) is 2.51. The van der Waals surface area contributed by atoms with Crippen LogP contribution in [0.3, 0.4) is 0 Å². The molecule has 4 atom stereocenters. The maximum absolute atomic E-state index is 12.8. The van der Waals surface area contributed by atoms with Gasteiger partial charge in [0.25, 0.3) is 0 Å². The van der Waals surface area contributed by atoms with E-state index in [1.165, 1.54) is 12.1 Å². The van der Waals surface area contributed by atoms with Gasteiger partial charge >= 0.3 is 17.9 Å². The van der Waals surface area contributed by atoms with Crippen LogP contribution in [0.15, 0.2) is 24.3 Å². The Morgan fingerprint density at radius 2 is 1.15 bits per heavy atom. The first kappa shape index (κ1) is 58.0. The Bertz CT molecular complexity index is 1670. The van der Waals surface area contributed by atoms with Gasteiger partial charge in [-0.2, -0.15) is 0 Å². The molecule has 0 saturated heterocycles. The third-order valence-electron chi connectivity index (χ3n) is 8.93. The van der Waals surface area contributed by atoms with E-state index in [0.717, 1.165) is 0 Å². The summed E-state index contributed by atoms with van der Waals surface area (Å²) in [6.07, 6.45) is -0.817. The molecule has 0 bridgehead atoms. The fraction of sp³-hybridized carbons (Fsp3) is 0.634. The molecule has 6 amide bonds. The van der Waals surface area contributed by atoms with E-state index in [1.807, 2.05) is 13.8 Å². The van der Waals surface area contributed by atoms with Crippen molar-refractivity contribution in [2.24, 2.45) is 17.7 Å². The summed E-state index contributed by atoms with van der Waals surface area (Å²) < 4.78 is 26.8. The Labute approximate surface area is 382 Å². The van der Waals surface area contributed by atoms with Crippen molar-refractivity contribution in [1.29, 1.82) is 0 Å². The lowest BCUT2D eigenvalue weighted by Gasteiger charge is -2.20. The van der Waals surface area contributed by atoms with E-state index in [-0.39, 0.29) is 121 Å². The highest BCUT2D eigenvalue weighted by Crippen LogP contribution is 2.19. The van der Waals surface area contributed by atoms with Crippen molar-refractivity contribution < 1.29 is 82.2 Å². The number of carboxylic acid groups (broad SMARTS) is 3. The summed E-state index contributed by atoms with van der Waals surface area (Å²) >= 11 is 0. The van der Waals surface area contributed by atoms with E-state index in [2.05, 4.69) is 37.3 Å². The van der Waals surface area contributed by atoms with Crippen LogP contribution in [0.25, 0.3) is 0 Å². The summed E-state index contributed by atoms with van der Waals surface area (Å²) in [5, 5.41) is 42.8. The first-order valence-corrected chi connectivity index (χ1v) is 21.3. The van der Waals surface area contributed by atoms with E-state index in [4.69, 9.17) is 39.7 Å². The van der Waals surface area contributed by atoms with Crippen molar-refractivity contribution in [2.45, 2.75) is 64.5 Å². The smallest absolute Gasteiger partial charge is 0.335 e. The minimum atomic E-state index is -1.40. The first-order valence-electron chi connectivity index (χ1n) is 21.3. The zero-order valence-electron chi connectivity index (χ0n) is 37.4. The number of hydrogen-bond donors (Lipinski definition) is 11. The molecule has 1 aromatic carbocycles. The second-order valence-corrected chi connectivity index (χ2v) is 14.9. The van der Waals surface area contributed by atoms with Crippen molar-refractivity contribution in [1.82, 2.24) is 37.3 Å². The Morgan fingerprint density at radius 1 is 0.591 bits per heavy atom. The van der Waals surface area contributed by atoms with Crippen LogP contribution in [0.2, 0.25) is 0 Å². The van der Waals surface area contributed by atoms with Crippen molar-refractivity contribution >= 4 is 53.4 Å². The number of ether oxygens (including phenoxy) is 5. The van der Waals surface area contributed by atoms with Crippen LogP contribution >= 0.6 is 0 Å². The molecule has 0 spiro atoms. The zero-order valence-corrected chi connectivity index (χ0v) is 37.4. The SMILES string of the molecule is CC(COc1ccc(C(=O)O)cc1)CC(C)CC(=O)NC(CCC(=O)NC(CCC(=O)O)C(=O)NCCOCCOCC(=O)NCCOCCOCC(=O)NCC(=O)NCCNN)C(=O)O. The molecule has 0 radical (unpaired) electrons. The Morgan fingerprint density at radius 3 is 1.74 bits per heavy atom. The van der Waals surface area contributed by atoms with E-state index in [0.29, 0.717) is 31.9 Å². The van der Waals surface area contributed by atoms with Gasteiger partial charge in [-0.3, -0.25) is 44.8 Å². The third-order valence-corrected chi connectivity index (χ3v) is 8.93. The van der Waals surface area contributed by atoms with Gasteiger partial charge in [-0.25, -0.2) is 9.59 Å². The lowest BCUT2D eigenvalue weighted by Crippen LogP contribution is -2.48. The quantitative estimate of drug-likeness (QED) is 0.0185. The molecule has 4 unspecified atom stereocenters. The monoisotopic (exact) mass is 942 g/mol. The highest BCUT2D eigenvalue weighted by atomic mass is 16.5. The second-order valence-electron chi connectivity index (χ2n) is 14.9. The molecule has 0 aliphatic heterocycles. The average molecular weight is 943 g/mol. The molecule has 66 heavy (non-hydrogen) atoms. The van der Waals surface area contributed by atoms with Crippen molar-refractivity contribution in [2.75, 3.05) is 92.2 Å². The molecule has 0 fully saturated rings. The van der Waals surface area contributed by atoms with Crippen LogP contribution in [0.4, 0.5) is 0 Å². The molecule has 25 nitrogen and oxygen atoms in total. The van der Waals surface area contributed by atoms with Crippen LogP contribution < -0.4 is 47.9 Å². The Kier molecular flexibility index (Phi) is 31.0. The number of carbonyl (C=O) groups is 9. The molecule has 0 heterocycles. The summed E-state index contributed by atoms with van der Waals surface area (Å²) in [7, 11) is 0. The van der Waals surface area contributed by atoms with E-state index in [1.54, 1.807) is 12.1 Å². The predicted molar refractivity (Wildman–Crippen MR) is 232 cm³/mol. The highest BCUT2D eigenvalue weighted by Gasteiger charge is 2.25. The number of carbonyl (C=O) groups excluding carboxylic acids is 6. The molecule has 372 valence electrons. The van der Waals surface area contributed by atoms with Crippen molar-refractivity contribution in [3.8, 4) is 5.75 Å². The number of benzene rings is 1. The topological polar surface area (TPSA) is 371 Å². The van der Waals surface area contributed by atoms with Crippen LogP contribution in [0.1, 0.15) is 62.7 Å². The van der Waals surface area contributed by atoms with Crippen LogP contribution in [-0.4, -0.2) is 173 Å². The predicted octanol–water partition coefficient (Wildman–Crippen LogP) is -2.49. The Hall–Kier alpha value is -5.99. The molecule has 0 aliphatic carbocycles. The number of carboxylic acids is 3. The van der Waals surface area contributed by atoms with E-state index in [9.17, 15) is 48.3 Å². The fourth-order valence-corrected chi connectivity index (χ4v) is 5.70. The lowest BCUT2D eigenvalue weighted by molar-refractivity contribution is -0.142. The van der Waals surface area contributed by atoms with Gasteiger partial charge in [-0.15, -0.1) is 0 Å². The fourth-order valence-electron chi connectivity index (χ4n) is 5.70. The minimum absolute atomic E-state index is 0.00279. The highest BCUT2D eigenvalue weighted by molar-refractivity contribution is 5.89. The molecule has 1 aromatic rings. The number of amides is 6. The minimum Gasteiger partial charge on any atom is -0.493 e. The van der Waals surface area contributed by atoms with Crippen LogP contribution in [0.5, 0.6) is 5.75 Å². The number of rotatable bonds is 39. The second kappa shape index (κ2) is 35.3. The maximum atomic E-state index is 12.8. The van der Waals surface area contributed by atoms with Crippen LogP contribution in [0, 0.1) is 11.8 Å². The molecular weight excluding hydrogens is 876 g/mol. The van der Waals surface area contributed by atoms with Crippen molar-refractivity contribution in [3.63, 3.8) is 0 Å². The third kappa shape index (κ3) is 30.2. The number of hydrazine groups is 1. The maximum Gasteiger partial charge on any atom is 0.335 e. The number of aliphatic carboxylic acids is 2. The van der Waals surface area contributed by atoms with E-state index < -0.39 is 65.9 Å². The first-order chi connectivity index (χ1) is 31.5. The molecule has 0 saturated carbocycles. The van der Waals surface area contributed by atoms with Gasteiger partial charge in [-0.1, -0.05) is 13.8 Å². The molecular formula is C41H66N8O17. The van der Waals surface area contributed by atoms with Gasteiger partial charge in [-0.05, 0) is 55.4 Å². The molecule has 0 aliphatic rings. The number of hydrogen-bond acceptors (Lipinski definition) is 16. The van der Waals surface area contributed by atoms with Gasteiger partial charge in [0.15, 0.2) is 0 Å². The number of nitrogens with one attached hydrogen (secondary N) is 7. The molecule has 25 heteroatoms. The van der Waals surface area contributed by atoms with Crippen LogP contribution in [-0.2, 0) is 57.3 Å². The largest absolute Gasteiger partial charge is 0.493 e. The summed E-state index contributed by atoms with van der Waals surface area (Å²) in [6, 6.07) is 3.29. The average Bonchev–Trinajstić information content (AvgIpc) is 3.26. The normalized spacial score (nSPS) is 12.7. The van der Waals surface area contributed by atoms with Gasteiger partial charge in [0.2, 0.25) is 35.4 Å². The summed E-state index contributed by atoms with van der Waals surface area (Å²) in [4.78, 5) is 108. The lowest BCUT2D eigenvalue weighted by atomic mass is 9.94. The van der Waals surface area contributed by atoms with Gasteiger partial charge < -0.3 is 70.9 Å². The molecule has 12 N–H and O–H groups in total. The van der Waals surface area contributed by atoms with Crippen molar-refractivity contribution in [3.05, 3.63) is 29.8 Å².